The Morgan fingerprint density at radius 1 is 0.229 bits per heavy atom. The smallest absolute Gasteiger partial charge is 0.179 e. The lowest BCUT2D eigenvalue weighted by molar-refractivity contribution is 1.15. The highest BCUT2D eigenvalue weighted by Crippen LogP contribution is 2.40. The number of fused-ring (bicyclic) bond motifs is 9. The van der Waals surface area contributed by atoms with Crippen LogP contribution in [0.1, 0.15) is 0 Å². The SMILES string of the molecule is c1ccc(-c2ccccc2-n2c3ccccc3c3ccc(-n4c5ccc([Si](c6ccccc6)(c6ccccc6)c6ccccc6)cc5c5ccc(-n6c7ccccc7c7ccccc76)cc54)cc32)cc1. The van der Waals surface area contributed by atoms with Gasteiger partial charge in [-0.2, -0.15) is 0 Å². The van der Waals surface area contributed by atoms with Crippen LogP contribution >= 0.6 is 0 Å². The maximum Gasteiger partial charge on any atom is 0.179 e. The summed E-state index contributed by atoms with van der Waals surface area (Å²) >= 11 is 0. The van der Waals surface area contributed by atoms with Crippen molar-refractivity contribution in [2.45, 2.75) is 0 Å². The quantitative estimate of drug-likeness (QED) is 0.107. The molecule has 14 rings (SSSR count). The van der Waals surface area contributed by atoms with Crippen molar-refractivity contribution in [2.75, 3.05) is 0 Å². The average molecular weight is 908 g/mol. The number of rotatable bonds is 8. The van der Waals surface area contributed by atoms with E-state index in [2.05, 4.69) is 287 Å². The van der Waals surface area contributed by atoms with Gasteiger partial charge in [-0.25, -0.2) is 0 Å². The molecule has 4 heteroatoms. The maximum absolute atomic E-state index is 2.84. The molecule has 0 saturated heterocycles. The molecular formula is C66H45N3Si. The number of para-hydroxylation sites is 4. The van der Waals surface area contributed by atoms with E-state index in [1.165, 1.54) is 86.3 Å². The molecule has 0 amide bonds. The summed E-state index contributed by atoms with van der Waals surface area (Å²) in [5.41, 5.74) is 12.8. The second-order valence-corrected chi connectivity index (χ2v) is 22.2. The lowest BCUT2D eigenvalue weighted by atomic mass is 10.0. The summed E-state index contributed by atoms with van der Waals surface area (Å²) in [6.07, 6.45) is 0. The molecule has 0 unspecified atom stereocenters. The molecule has 14 aromatic rings. The van der Waals surface area contributed by atoms with Gasteiger partial charge in [0, 0.05) is 49.3 Å². The standard InChI is InChI=1S/C66H45N3Si/c1-5-21-46(22-6-1)53-29-13-17-33-60(53)69-63-36-20-16-32-56(63)57-40-37-48(44-66(57)69)68-64-42-39-52(70(49-23-7-2-8-24-49,50-25-9-3-10-26-50)51-27-11-4-12-28-51)45-59(64)58-41-38-47(43-65(58)68)67-61-34-18-14-30-54(61)55-31-15-19-35-62(55)67/h1-45H. The summed E-state index contributed by atoms with van der Waals surface area (Å²) in [5, 5.41) is 12.8. The summed E-state index contributed by atoms with van der Waals surface area (Å²) in [7, 11) is -2.84. The van der Waals surface area contributed by atoms with Gasteiger partial charge >= 0.3 is 0 Å². The van der Waals surface area contributed by atoms with Crippen molar-refractivity contribution < 1.29 is 0 Å². The topological polar surface area (TPSA) is 14.8 Å². The van der Waals surface area contributed by atoms with Gasteiger partial charge in [-0.05, 0) is 80.9 Å². The van der Waals surface area contributed by atoms with Crippen LogP contribution in [-0.4, -0.2) is 21.8 Å². The average Bonchev–Trinajstić information content (AvgIpc) is 4.07. The van der Waals surface area contributed by atoms with Crippen molar-refractivity contribution in [3.63, 3.8) is 0 Å². The van der Waals surface area contributed by atoms with Crippen molar-refractivity contribution in [3.8, 4) is 28.2 Å². The fourth-order valence-corrected chi connectivity index (χ4v) is 16.6. The highest BCUT2D eigenvalue weighted by molar-refractivity contribution is 7.20. The van der Waals surface area contributed by atoms with E-state index in [1.54, 1.807) is 0 Å². The van der Waals surface area contributed by atoms with Gasteiger partial charge in [-0.1, -0.05) is 218 Å². The van der Waals surface area contributed by atoms with Crippen molar-refractivity contribution in [2.24, 2.45) is 0 Å². The highest BCUT2D eigenvalue weighted by atomic mass is 28.3. The normalized spacial score (nSPS) is 12.0. The Balaban J connectivity index is 1.08. The molecule has 3 aromatic heterocycles. The predicted molar refractivity (Wildman–Crippen MR) is 299 cm³/mol. The van der Waals surface area contributed by atoms with Crippen LogP contribution in [0.3, 0.4) is 0 Å². The Labute approximate surface area is 407 Å². The molecule has 3 heterocycles. The van der Waals surface area contributed by atoms with Crippen LogP contribution in [0.25, 0.3) is 93.6 Å². The molecule has 0 aliphatic carbocycles. The first-order valence-corrected chi connectivity index (χ1v) is 26.2. The summed E-state index contributed by atoms with van der Waals surface area (Å²) in [6.45, 7) is 0. The Hall–Kier alpha value is -8.96. The zero-order valence-electron chi connectivity index (χ0n) is 38.3. The van der Waals surface area contributed by atoms with Crippen LogP contribution in [-0.2, 0) is 0 Å². The highest BCUT2D eigenvalue weighted by Gasteiger charge is 2.41. The molecule has 11 aromatic carbocycles. The first-order valence-electron chi connectivity index (χ1n) is 24.2. The van der Waals surface area contributed by atoms with Crippen LogP contribution in [0.4, 0.5) is 0 Å². The van der Waals surface area contributed by atoms with Gasteiger partial charge in [0.2, 0.25) is 0 Å². The Morgan fingerprint density at radius 2 is 0.614 bits per heavy atom. The molecule has 70 heavy (non-hydrogen) atoms. The number of hydrogen-bond donors (Lipinski definition) is 0. The second kappa shape index (κ2) is 16.1. The van der Waals surface area contributed by atoms with E-state index in [9.17, 15) is 0 Å². The Morgan fingerprint density at radius 3 is 1.16 bits per heavy atom. The molecule has 0 N–H and O–H groups in total. The van der Waals surface area contributed by atoms with Crippen LogP contribution in [0.15, 0.2) is 273 Å². The summed E-state index contributed by atoms with van der Waals surface area (Å²) in [6, 6.07) is 101. The number of aromatic nitrogens is 3. The predicted octanol–water partition coefficient (Wildman–Crippen LogP) is 14.0. The molecule has 0 aliphatic heterocycles. The largest absolute Gasteiger partial charge is 0.309 e. The number of benzene rings is 11. The van der Waals surface area contributed by atoms with E-state index < -0.39 is 8.07 Å². The lowest BCUT2D eigenvalue weighted by Crippen LogP contribution is -2.74. The van der Waals surface area contributed by atoms with Crippen LogP contribution in [0.5, 0.6) is 0 Å². The molecule has 0 saturated carbocycles. The molecule has 0 aliphatic rings. The van der Waals surface area contributed by atoms with Gasteiger partial charge in [0.05, 0.1) is 38.8 Å². The molecule has 0 bridgehead atoms. The van der Waals surface area contributed by atoms with Crippen molar-refractivity contribution in [1.29, 1.82) is 0 Å². The molecule has 0 atom stereocenters. The zero-order chi connectivity index (χ0) is 46.2. The van der Waals surface area contributed by atoms with E-state index in [4.69, 9.17) is 0 Å². The van der Waals surface area contributed by atoms with Gasteiger partial charge < -0.3 is 13.7 Å². The van der Waals surface area contributed by atoms with Crippen molar-refractivity contribution in [1.82, 2.24) is 13.7 Å². The second-order valence-electron chi connectivity index (χ2n) is 18.4. The maximum atomic E-state index is 2.54. The first-order chi connectivity index (χ1) is 34.8. The van der Waals surface area contributed by atoms with Gasteiger partial charge in [0.25, 0.3) is 0 Å². The van der Waals surface area contributed by atoms with E-state index in [0.717, 1.165) is 28.1 Å². The number of nitrogens with zero attached hydrogens (tertiary/aromatic N) is 3. The third-order valence-corrected chi connectivity index (χ3v) is 19.6. The Kier molecular flexibility index (Phi) is 9.23. The molecule has 3 nitrogen and oxygen atoms in total. The molecule has 0 spiro atoms. The Bertz CT molecular complexity index is 4130. The van der Waals surface area contributed by atoms with Crippen molar-refractivity contribution >= 4 is 94.2 Å². The van der Waals surface area contributed by atoms with Crippen LogP contribution in [0.2, 0.25) is 0 Å². The van der Waals surface area contributed by atoms with E-state index in [0.29, 0.717) is 0 Å². The minimum Gasteiger partial charge on any atom is -0.309 e. The van der Waals surface area contributed by atoms with Crippen molar-refractivity contribution in [3.05, 3.63) is 273 Å². The van der Waals surface area contributed by atoms with Crippen LogP contribution < -0.4 is 20.7 Å². The third kappa shape index (κ3) is 6.00. The molecule has 328 valence electrons. The monoisotopic (exact) mass is 907 g/mol. The summed E-state index contributed by atoms with van der Waals surface area (Å²) in [4.78, 5) is 0. The first kappa shape index (κ1) is 40.1. The van der Waals surface area contributed by atoms with E-state index in [1.807, 2.05) is 0 Å². The lowest BCUT2D eigenvalue weighted by Gasteiger charge is -2.34. The van der Waals surface area contributed by atoms with Crippen LogP contribution in [0, 0.1) is 0 Å². The fraction of sp³-hybridized carbons (Fsp3) is 0. The molecule has 0 radical (unpaired) electrons. The molecular weight excluding hydrogens is 863 g/mol. The fourth-order valence-electron chi connectivity index (χ4n) is 11.8. The summed E-state index contributed by atoms with van der Waals surface area (Å²) < 4.78 is 7.44. The van der Waals surface area contributed by atoms with Gasteiger partial charge in [-0.15, -0.1) is 0 Å². The minimum absolute atomic E-state index is 1.11. The van der Waals surface area contributed by atoms with E-state index in [-0.39, 0.29) is 0 Å². The van der Waals surface area contributed by atoms with Gasteiger partial charge in [-0.3, -0.25) is 0 Å². The molecule has 0 fully saturated rings. The van der Waals surface area contributed by atoms with Gasteiger partial charge in [0.1, 0.15) is 0 Å². The van der Waals surface area contributed by atoms with Gasteiger partial charge in [0.15, 0.2) is 8.07 Å². The number of hydrogen-bond acceptors (Lipinski definition) is 0. The third-order valence-electron chi connectivity index (χ3n) is 14.8. The minimum atomic E-state index is -2.84. The van der Waals surface area contributed by atoms with E-state index >= 15 is 0 Å². The summed E-state index contributed by atoms with van der Waals surface area (Å²) in [5.74, 6) is 0. The zero-order valence-corrected chi connectivity index (χ0v) is 39.3.